The first-order chi connectivity index (χ1) is 18.8. The fourth-order valence-electron chi connectivity index (χ4n) is 6.29. The molecule has 4 aromatic rings. The molecule has 2 bridgehead atoms. The molecule has 3 atom stereocenters. The summed E-state index contributed by atoms with van der Waals surface area (Å²) < 4.78 is 29.1. The average Bonchev–Trinajstić information content (AvgIpc) is 3.33. The Bertz CT molecular complexity index is 1530. The minimum atomic E-state index is -0.909. The quantitative estimate of drug-likeness (QED) is 0.327. The monoisotopic (exact) mass is 531 g/mol. The molecule has 1 saturated carbocycles. The molecule has 1 aromatic carbocycles. The number of aromatic nitrogens is 6. The summed E-state index contributed by atoms with van der Waals surface area (Å²) in [5, 5.41) is 30.2. The molecule has 0 radical (unpaired) electrons. The van der Waals surface area contributed by atoms with Crippen LogP contribution in [-0.2, 0) is 5.41 Å². The molecule has 6 rings (SSSR count). The van der Waals surface area contributed by atoms with Gasteiger partial charge in [0.05, 0.1) is 52.7 Å². The summed E-state index contributed by atoms with van der Waals surface area (Å²) in [6, 6.07) is 5.55. The minimum Gasteiger partial charge on any atom is -0.394 e. The topological polar surface area (TPSA) is 130 Å². The van der Waals surface area contributed by atoms with E-state index in [1.54, 1.807) is 30.9 Å². The van der Waals surface area contributed by atoms with E-state index in [1.165, 1.54) is 18.2 Å². The van der Waals surface area contributed by atoms with E-state index in [9.17, 15) is 13.9 Å². The Morgan fingerprint density at radius 3 is 2.51 bits per heavy atom. The molecule has 2 aliphatic rings. The van der Waals surface area contributed by atoms with E-state index >= 15 is 0 Å². The number of halogens is 2. The Morgan fingerprint density at radius 1 is 1.05 bits per heavy atom. The van der Waals surface area contributed by atoms with Crippen LogP contribution in [0.1, 0.15) is 49.6 Å². The van der Waals surface area contributed by atoms with Crippen LogP contribution in [0.3, 0.4) is 0 Å². The van der Waals surface area contributed by atoms with Gasteiger partial charge in [-0.15, -0.1) is 5.10 Å². The third-order valence-corrected chi connectivity index (χ3v) is 8.33. The Labute approximate surface area is 223 Å². The van der Waals surface area contributed by atoms with Gasteiger partial charge in [-0.2, -0.15) is 5.10 Å². The van der Waals surface area contributed by atoms with Gasteiger partial charge in [-0.3, -0.25) is 4.98 Å². The zero-order chi connectivity index (χ0) is 27.4. The number of nitrogens with one attached hydrogen (secondary N) is 1. The highest BCUT2D eigenvalue weighted by Crippen LogP contribution is 2.69. The van der Waals surface area contributed by atoms with Gasteiger partial charge in [-0.1, -0.05) is 19.9 Å². The van der Waals surface area contributed by atoms with E-state index in [0.29, 0.717) is 17.2 Å². The fraction of sp³-hybridized carbons (Fsp3) is 0.357. The zero-order valence-corrected chi connectivity index (χ0v) is 21.4. The van der Waals surface area contributed by atoms with E-state index in [4.69, 9.17) is 10.1 Å². The van der Waals surface area contributed by atoms with Crippen molar-refractivity contribution in [1.29, 1.82) is 0 Å². The lowest BCUT2D eigenvalue weighted by atomic mass is 9.66. The summed E-state index contributed by atoms with van der Waals surface area (Å²) in [6.07, 6.45) is 7.39. The van der Waals surface area contributed by atoms with Crippen molar-refractivity contribution in [3.05, 3.63) is 77.6 Å². The van der Waals surface area contributed by atoms with E-state index < -0.39 is 23.2 Å². The van der Waals surface area contributed by atoms with Gasteiger partial charge in [0.2, 0.25) is 5.95 Å². The first-order valence-electron chi connectivity index (χ1n) is 12.8. The van der Waals surface area contributed by atoms with Crippen LogP contribution >= 0.6 is 0 Å². The zero-order valence-electron chi connectivity index (χ0n) is 21.4. The summed E-state index contributed by atoms with van der Waals surface area (Å²) in [5.74, 6) is -0.915. The molecule has 0 aliphatic heterocycles. The Kier molecular flexibility index (Phi) is 6.07. The van der Waals surface area contributed by atoms with Gasteiger partial charge in [0, 0.05) is 30.7 Å². The number of fused-ring (bicyclic) bond motifs is 5. The smallest absolute Gasteiger partial charge is 0.222 e. The molecule has 2 aliphatic carbocycles. The van der Waals surface area contributed by atoms with Gasteiger partial charge in [0.1, 0.15) is 11.6 Å². The third kappa shape index (κ3) is 3.87. The van der Waals surface area contributed by atoms with E-state index in [1.807, 2.05) is 0 Å². The van der Waals surface area contributed by atoms with Gasteiger partial charge in [-0.25, -0.2) is 23.7 Å². The van der Waals surface area contributed by atoms with Crippen LogP contribution in [0.25, 0.3) is 22.5 Å². The SMILES string of the molecule is CC1(C)[C@H]2CC[C@]1(c1cncc(-c3cnc(NC[C@H](O)CO)nc3)n1)c1nnc(-c3c(F)cccc3F)cc12. The summed E-state index contributed by atoms with van der Waals surface area (Å²) in [4.78, 5) is 18.1. The Balaban J connectivity index is 1.38. The molecule has 9 nitrogen and oxygen atoms in total. The maximum atomic E-state index is 14.5. The molecule has 3 aromatic heterocycles. The standard InChI is InChI=1S/C28H27F2N7O2/c1-27(2)18-6-7-28(27,25-17(18)8-21(36-37-25)24-19(29)4-3-5-20(24)30)23-13-31-12-22(35-23)15-9-32-26(33-10-15)34-11-16(39)14-38/h3-5,8-10,12-13,16,18,38-39H,6-7,11,14H2,1-2H3,(H,32,33,34)/t16-,18-,28-/m0/s1. The van der Waals surface area contributed by atoms with Crippen LogP contribution in [0.2, 0.25) is 0 Å². The second-order valence-corrected chi connectivity index (χ2v) is 10.7. The van der Waals surface area contributed by atoms with Gasteiger partial charge in [-0.05, 0) is 47.9 Å². The molecule has 3 heterocycles. The summed E-state index contributed by atoms with van der Waals surface area (Å²) >= 11 is 0. The highest BCUT2D eigenvalue weighted by atomic mass is 19.1. The fourth-order valence-corrected chi connectivity index (χ4v) is 6.29. The van der Waals surface area contributed by atoms with Crippen molar-refractivity contribution in [3.63, 3.8) is 0 Å². The number of hydrogen-bond donors (Lipinski definition) is 3. The van der Waals surface area contributed by atoms with Crippen LogP contribution in [0.4, 0.5) is 14.7 Å². The summed E-state index contributed by atoms with van der Waals surface area (Å²) in [7, 11) is 0. The summed E-state index contributed by atoms with van der Waals surface area (Å²) in [6.45, 7) is 4.11. The lowest BCUT2D eigenvalue weighted by Crippen LogP contribution is -2.38. The molecule has 200 valence electrons. The minimum absolute atomic E-state index is 0.116. The van der Waals surface area contributed by atoms with Crippen LogP contribution in [-0.4, -0.2) is 59.6 Å². The van der Waals surface area contributed by atoms with Gasteiger partial charge in [0.15, 0.2) is 0 Å². The number of aliphatic hydroxyl groups is 2. The summed E-state index contributed by atoms with van der Waals surface area (Å²) in [5.41, 5.74) is 2.86. The molecule has 0 spiro atoms. The molecule has 0 amide bonds. The number of nitrogens with zero attached hydrogens (tertiary/aromatic N) is 6. The van der Waals surface area contributed by atoms with E-state index in [-0.39, 0.29) is 35.7 Å². The molecule has 11 heteroatoms. The van der Waals surface area contributed by atoms with Crippen molar-refractivity contribution >= 4 is 5.95 Å². The Morgan fingerprint density at radius 2 is 1.79 bits per heavy atom. The number of hydrogen-bond acceptors (Lipinski definition) is 9. The largest absolute Gasteiger partial charge is 0.394 e. The third-order valence-electron chi connectivity index (χ3n) is 8.33. The molecular weight excluding hydrogens is 504 g/mol. The maximum absolute atomic E-state index is 14.5. The number of benzene rings is 1. The van der Waals surface area contributed by atoms with Crippen molar-refractivity contribution in [2.45, 2.75) is 44.1 Å². The molecule has 1 fully saturated rings. The lowest BCUT2D eigenvalue weighted by Gasteiger charge is -2.37. The predicted molar refractivity (Wildman–Crippen MR) is 139 cm³/mol. The lowest BCUT2D eigenvalue weighted by molar-refractivity contribution is 0.105. The normalized spacial score (nSPS) is 21.5. The van der Waals surface area contributed by atoms with Gasteiger partial charge < -0.3 is 15.5 Å². The predicted octanol–water partition coefficient (Wildman–Crippen LogP) is 3.64. The van der Waals surface area contributed by atoms with Crippen molar-refractivity contribution in [3.8, 4) is 22.5 Å². The molecule has 0 unspecified atom stereocenters. The highest BCUT2D eigenvalue weighted by Gasteiger charge is 2.65. The molecule has 0 saturated heterocycles. The average molecular weight is 532 g/mol. The molecule has 39 heavy (non-hydrogen) atoms. The van der Waals surface area contributed by atoms with Crippen LogP contribution in [0.15, 0.2) is 49.1 Å². The number of anilines is 1. The maximum Gasteiger partial charge on any atom is 0.222 e. The highest BCUT2D eigenvalue weighted by molar-refractivity contribution is 5.64. The second-order valence-electron chi connectivity index (χ2n) is 10.7. The van der Waals surface area contributed by atoms with Crippen LogP contribution in [0, 0.1) is 17.0 Å². The van der Waals surface area contributed by atoms with Gasteiger partial charge in [0.25, 0.3) is 0 Å². The van der Waals surface area contributed by atoms with Crippen LogP contribution < -0.4 is 5.32 Å². The van der Waals surface area contributed by atoms with Gasteiger partial charge >= 0.3 is 0 Å². The number of rotatable bonds is 7. The first-order valence-corrected chi connectivity index (χ1v) is 12.8. The second kappa shape index (κ2) is 9.35. The number of aliphatic hydroxyl groups excluding tert-OH is 2. The van der Waals surface area contributed by atoms with Crippen molar-refractivity contribution < 1.29 is 19.0 Å². The Hall–Kier alpha value is -3.96. The first kappa shape index (κ1) is 25.3. The van der Waals surface area contributed by atoms with E-state index in [2.05, 4.69) is 44.3 Å². The van der Waals surface area contributed by atoms with Crippen LogP contribution in [0.5, 0.6) is 0 Å². The van der Waals surface area contributed by atoms with Crippen molar-refractivity contribution in [1.82, 2.24) is 30.1 Å². The molecule has 3 N–H and O–H groups in total. The van der Waals surface area contributed by atoms with Crippen molar-refractivity contribution in [2.75, 3.05) is 18.5 Å². The van der Waals surface area contributed by atoms with E-state index in [0.717, 1.165) is 29.8 Å². The molecular formula is C28H27F2N7O2. The van der Waals surface area contributed by atoms with Crippen molar-refractivity contribution in [2.24, 2.45) is 5.41 Å².